The second-order valence-electron chi connectivity index (χ2n) is 3.92. The minimum Gasteiger partial charge on any atom is -0.396 e. The average Bonchev–Trinajstić information content (AvgIpc) is 2.26. The van der Waals surface area contributed by atoms with Crippen molar-refractivity contribution in [2.45, 2.75) is 71.6 Å². The first-order valence-corrected chi connectivity index (χ1v) is 6.55. The molecule has 0 saturated heterocycles. The Bertz CT molecular complexity index is 74.6. The van der Waals surface area contributed by atoms with Crippen molar-refractivity contribution in [1.29, 1.82) is 0 Å². The van der Waals surface area contributed by atoms with Crippen LogP contribution in [-0.2, 0) is 0 Å². The Morgan fingerprint density at radius 2 is 0.867 bits per heavy atom. The molecule has 0 fully saturated rings. The van der Waals surface area contributed by atoms with Crippen LogP contribution in [0.15, 0.2) is 0 Å². The van der Waals surface area contributed by atoms with Gasteiger partial charge in [0.25, 0.3) is 0 Å². The van der Waals surface area contributed by atoms with Crippen molar-refractivity contribution in [3.8, 4) is 0 Å². The van der Waals surface area contributed by atoms with E-state index in [2.05, 4.69) is 13.8 Å². The van der Waals surface area contributed by atoms with Crippen LogP contribution >= 0.6 is 0 Å². The van der Waals surface area contributed by atoms with Crippen LogP contribution in [0.4, 0.5) is 0 Å². The van der Waals surface area contributed by atoms with Gasteiger partial charge in [0.2, 0.25) is 0 Å². The highest BCUT2D eigenvalue weighted by molar-refractivity contribution is 4.39. The van der Waals surface area contributed by atoms with Crippen molar-refractivity contribution >= 4 is 0 Å². The van der Waals surface area contributed by atoms with E-state index in [1.54, 1.807) is 0 Å². The molecule has 2 nitrogen and oxygen atoms in total. The zero-order chi connectivity index (χ0) is 11.8. The van der Waals surface area contributed by atoms with Gasteiger partial charge in [0.1, 0.15) is 0 Å². The van der Waals surface area contributed by atoms with Crippen LogP contribution in [0.1, 0.15) is 71.6 Å². The fourth-order valence-corrected chi connectivity index (χ4v) is 1.25. The summed E-state index contributed by atoms with van der Waals surface area (Å²) in [5, 5.41) is 16.7. The number of unbranched alkanes of at least 4 members (excludes halogenated alkanes) is 7. The summed E-state index contributed by atoms with van der Waals surface area (Å²) in [7, 11) is 0. The Morgan fingerprint density at radius 1 is 0.533 bits per heavy atom. The summed E-state index contributed by atoms with van der Waals surface area (Å²) >= 11 is 0. The Morgan fingerprint density at radius 3 is 1.20 bits per heavy atom. The van der Waals surface area contributed by atoms with E-state index in [1.807, 2.05) is 0 Å². The maximum Gasteiger partial charge on any atom is 0.0431 e. The molecule has 0 aromatic rings. The fourth-order valence-electron chi connectivity index (χ4n) is 1.25. The monoisotopic (exact) mass is 218 g/mol. The number of rotatable bonds is 9. The zero-order valence-electron chi connectivity index (χ0n) is 10.7. The standard InChI is InChI=1S/C7H16O.C6H14O/c1-2-3-4-5-6-7-8;1-2-3-4-5-6-7/h8H,2-7H2,1H3;7H,2-6H2,1H3. The molecule has 94 valence electrons. The Hall–Kier alpha value is -0.0800. The molecule has 0 unspecified atom stereocenters. The highest BCUT2D eigenvalue weighted by atomic mass is 16.3. The van der Waals surface area contributed by atoms with E-state index in [-0.39, 0.29) is 0 Å². The number of aliphatic hydroxyl groups is 2. The molecule has 0 aromatic heterocycles. The third kappa shape index (κ3) is 24.9. The third-order valence-electron chi connectivity index (χ3n) is 2.27. The normalized spacial score (nSPS) is 9.60. The minimum absolute atomic E-state index is 0.361. The lowest BCUT2D eigenvalue weighted by Gasteiger charge is -1.93. The third-order valence-corrected chi connectivity index (χ3v) is 2.27. The molecule has 0 rings (SSSR count). The first-order valence-electron chi connectivity index (χ1n) is 6.55. The van der Waals surface area contributed by atoms with Gasteiger partial charge >= 0.3 is 0 Å². The van der Waals surface area contributed by atoms with Crippen LogP contribution < -0.4 is 0 Å². The van der Waals surface area contributed by atoms with E-state index in [0.717, 1.165) is 12.8 Å². The van der Waals surface area contributed by atoms with Crippen LogP contribution in [0.3, 0.4) is 0 Å². The molecule has 0 amide bonds. The molecule has 2 N–H and O–H groups in total. The van der Waals surface area contributed by atoms with Crippen LogP contribution in [0.5, 0.6) is 0 Å². The Kier molecular flexibility index (Phi) is 22.5. The number of hydrogen-bond donors (Lipinski definition) is 2. The van der Waals surface area contributed by atoms with Crippen molar-refractivity contribution < 1.29 is 10.2 Å². The molecule has 15 heavy (non-hydrogen) atoms. The van der Waals surface area contributed by atoms with Crippen LogP contribution in [0.25, 0.3) is 0 Å². The van der Waals surface area contributed by atoms with Gasteiger partial charge in [-0.15, -0.1) is 0 Å². The van der Waals surface area contributed by atoms with Gasteiger partial charge in [0.15, 0.2) is 0 Å². The second-order valence-corrected chi connectivity index (χ2v) is 3.92. The smallest absolute Gasteiger partial charge is 0.0431 e. The van der Waals surface area contributed by atoms with E-state index >= 15 is 0 Å². The predicted molar refractivity (Wildman–Crippen MR) is 67.1 cm³/mol. The van der Waals surface area contributed by atoms with Crippen molar-refractivity contribution in [3.05, 3.63) is 0 Å². The molecule has 0 spiro atoms. The Balaban J connectivity index is 0. The SMILES string of the molecule is CCCCCCCO.CCCCCCO. The molecular formula is C13H30O2. The first kappa shape index (κ1) is 17.3. The van der Waals surface area contributed by atoms with Gasteiger partial charge in [-0.3, -0.25) is 0 Å². The summed E-state index contributed by atoms with van der Waals surface area (Å²) in [6, 6.07) is 0. The maximum absolute atomic E-state index is 8.37. The molecule has 0 aliphatic heterocycles. The van der Waals surface area contributed by atoms with Crippen molar-refractivity contribution in [1.82, 2.24) is 0 Å². The first-order chi connectivity index (χ1) is 7.33. The highest BCUT2D eigenvalue weighted by Crippen LogP contribution is 2.00. The molecule has 0 aliphatic carbocycles. The number of aliphatic hydroxyl groups excluding tert-OH is 2. The lowest BCUT2D eigenvalue weighted by Crippen LogP contribution is -1.81. The quantitative estimate of drug-likeness (QED) is 0.581. The minimum atomic E-state index is 0.361. The van der Waals surface area contributed by atoms with Crippen molar-refractivity contribution in [2.75, 3.05) is 13.2 Å². The van der Waals surface area contributed by atoms with Gasteiger partial charge in [0.05, 0.1) is 0 Å². The van der Waals surface area contributed by atoms with Crippen molar-refractivity contribution in [3.63, 3.8) is 0 Å². The van der Waals surface area contributed by atoms with E-state index < -0.39 is 0 Å². The predicted octanol–water partition coefficient (Wildman–Crippen LogP) is 3.51. The lowest BCUT2D eigenvalue weighted by atomic mass is 10.2. The largest absolute Gasteiger partial charge is 0.396 e. The summed E-state index contributed by atoms with van der Waals surface area (Å²) in [4.78, 5) is 0. The number of hydrogen-bond acceptors (Lipinski definition) is 2. The van der Waals surface area contributed by atoms with Crippen LogP contribution in [-0.4, -0.2) is 23.4 Å². The molecule has 0 radical (unpaired) electrons. The van der Waals surface area contributed by atoms with Crippen molar-refractivity contribution in [2.24, 2.45) is 0 Å². The molecule has 0 heterocycles. The van der Waals surface area contributed by atoms with E-state index in [9.17, 15) is 0 Å². The van der Waals surface area contributed by atoms with Gasteiger partial charge in [-0.25, -0.2) is 0 Å². The van der Waals surface area contributed by atoms with E-state index in [4.69, 9.17) is 10.2 Å². The zero-order valence-corrected chi connectivity index (χ0v) is 10.7. The second kappa shape index (κ2) is 19.5. The summed E-state index contributed by atoms with van der Waals surface area (Å²) in [5.41, 5.74) is 0. The van der Waals surface area contributed by atoms with E-state index in [1.165, 1.54) is 44.9 Å². The summed E-state index contributed by atoms with van der Waals surface area (Å²) < 4.78 is 0. The van der Waals surface area contributed by atoms with Gasteiger partial charge in [-0.1, -0.05) is 58.8 Å². The van der Waals surface area contributed by atoms with Crippen LogP contribution in [0, 0.1) is 0 Å². The molecule has 0 aliphatic rings. The molecule has 0 aromatic carbocycles. The molecule has 0 bridgehead atoms. The van der Waals surface area contributed by atoms with E-state index in [0.29, 0.717) is 13.2 Å². The molecular weight excluding hydrogens is 188 g/mol. The van der Waals surface area contributed by atoms with Gasteiger partial charge in [-0.2, -0.15) is 0 Å². The average molecular weight is 218 g/mol. The molecule has 0 atom stereocenters. The summed E-state index contributed by atoms with van der Waals surface area (Å²) in [6.07, 6.45) is 10.8. The van der Waals surface area contributed by atoms with Crippen LogP contribution in [0.2, 0.25) is 0 Å². The summed E-state index contributed by atoms with van der Waals surface area (Å²) in [5.74, 6) is 0. The molecule has 0 saturated carbocycles. The van der Waals surface area contributed by atoms with Gasteiger partial charge in [0, 0.05) is 13.2 Å². The molecule has 2 heteroatoms. The topological polar surface area (TPSA) is 40.5 Å². The summed E-state index contributed by atoms with van der Waals surface area (Å²) in [6.45, 7) is 5.08. The fraction of sp³-hybridized carbons (Fsp3) is 1.00. The highest BCUT2D eigenvalue weighted by Gasteiger charge is 1.84. The van der Waals surface area contributed by atoms with Gasteiger partial charge in [-0.05, 0) is 12.8 Å². The maximum atomic E-state index is 8.37. The van der Waals surface area contributed by atoms with Gasteiger partial charge < -0.3 is 10.2 Å². The lowest BCUT2D eigenvalue weighted by molar-refractivity contribution is 0.282. The Labute approximate surface area is 95.7 Å².